The Labute approximate surface area is 228 Å². The standard InChI is InChI=1S/C29H31NO6S2/c1-2-3-4-5-16-38(33,34)30-29(32)28(31)24-12-8-22(9-13-24)19-37-18-21-6-10-23(11-7-21)25-14-15-26-27(17-25)36-20-35-26/h6-15,17H,2-5,16,18-20H2,1H3,(H,30,32). The second-order valence-corrected chi connectivity index (χ2v) is 11.9. The third-order valence-electron chi connectivity index (χ3n) is 6.13. The number of hydrogen-bond acceptors (Lipinski definition) is 7. The lowest BCUT2D eigenvalue weighted by Crippen LogP contribution is -2.37. The van der Waals surface area contributed by atoms with Crippen molar-refractivity contribution in [1.82, 2.24) is 4.72 Å². The molecule has 3 aromatic carbocycles. The van der Waals surface area contributed by atoms with E-state index in [1.54, 1.807) is 36.0 Å². The van der Waals surface area contributed by atoms with Gasteiger partial charge in [-0.15, -0.1) is 0 Å². The predicted octanol–water partition coefficient (Wildman–Crippen LogP) is 5.72. The maximum absolute atomic E-state index is 12.4. The number of Topliss-reactive ketones (excluding diaryl/α,β-unsaturated/α-hetero) is 1. The van der Waals surface area contributed by atoms with Crippen molar-refractivity contribution in [3.8, 4) is 22.6 Å². The van der Waals surface area contributed by atoms with Gasteiger partial charge in [0.2, 0.25) is 16.8 Å². The molecule has 0 radical (unpaired) electrons. The maximum atomic E-state index is 12.4. The molecular weight excluding hydrogens is 522 g/mol. The lowest BCUT2D eigenvalue weighted by molar-refractivity contribution is -0.115. The van der Waals surface area contributed by atoms with Crippen LogP contribution in [0.15, 0.2) is 66.7 Å². The highest BCUT2D eigenvalue weighted by Crippen LogP contribution is 2.36. The van der Waals surface area contributed by atoms with Gasteiger partial charge in [0, 0.05) is 17.1 Å². The SMILES string of the molecule is CCCCCCS(=O)(=O)NC(=O)C(=O)c1ccc(CSCc2ccc(-c3ccc4c(c3)OCO4)cc2)cc1. The molecule has 0 saturated carbocycles. The van der Waals surface area contributed by atoms with Crippen LogP contribution in [0, 0.1) is 0 Å². The highest BCUT2D eigenvalue weighted by Gasteiger charge is 2.22. The van der Waals surface area contributed by atoms with E-state index in [0.29, 0.717) is 6.42 Å². The fraction of sp³-hybridized carbons (Fsp3) is 0.310. The summed E-state index contributed by atoms with van der Waals surface area (Å²) >= 11 is 1.74. The molecule has 1 aliphatic rings. The third kappa shape index (κ3) is 7.61. The Morgan fingerprint density at radius 3 is 2.13 bits per heavy atom. The first-order chi connectivity index (χ1) is 18.3. The van der Waals surface area contributed by atoms with Crippen LogP contribution in [0.4, 0.5) is 0 Å². The Morgan fingerprint density at radius 1 is 0.816 bits per heavy atom. The van der Waals surface area contributed by atoms with E-state index in [4.69, 9.17) is 9.47 Å². The first-order valence-corrected chi connectivity index (χ1v) is 15.4. The molecule has 4 rings (SSSR count). The van der Waals surface area contributed by atoms with Gasteiger partial charge in [0.05, 0.1) is 5.75 Å². The van der Waals surface area contributed by atoms with Gasteiger partial charge >= 0.3 is 5.91 Å². The molecule has 1 aliphatic heterocycles. The number of unbranched alkanes of at least 4 members (excludes halogenated alkanes) is 3. The number of fused-ring (bicyclic) bond motifs is 1. The summed E-state index contributed by atoms with van der Waals surface area (Å²) < 4.78 is 36.9. The maximum Gasteiger partial charge on any atom is 0.305 e. The summed E-state index contributed by atoms with van der Waals surface area (Å²) in [6, 6.07) is 21.0. The Balaban J connectivity index is 1.24. The average Bonchev–Trinajstić information content (AvgIpc) is 3.39. The minimum atomic E-state index is -3.82. The highest BCUT2D eigenvalue weighted by molar-refractivity contribution is 7.97. The van der Waals surface area contributed by atoms with Crippen molar-refractivity contribution in [1.29, 1.82) is 0 Å². The summed E-state index contributed by atoms with van der Waals surface area (Å²) in [5.74, 6) is 0.943. The van der Waals surface area contributed by atoms with Gasteiger partial charge in [0.1, 0.15) is 0 Å². The number of carbonyl (C=O) groups is 2. The van der Waals surface area contributed by atoms with E-state index in [-0.39, 0.29) is 18.1 Å². The Bertz CT molecular complexity index is 1370. The Hall–Kier alpha value is -3.30. The number of sulfonamides is 1. The summed E-state index contributed by atoms with van der Waals surface area (Å²) in [7, 11) is -3.82. The average molecular weight is 554 g/mol. The molecule has 1 amide bonds. The van der Waals surface area contributed by atoms with Crippen molar-refractivity contribution < 1.29 is 27.5 Å². The third-order valence-corrected chi connectivity index (χ3v) is 8.53. The molecule has 0 bridgehead atoms. The van der Waals surface area contributed by atoms with Crippen molar-refractivity contribution in [2.24, 2.45) is 0 Å². The number of rotatable bonds is 13. The quantitative estimate of drug-likeness (QED) is 0.164. The van der Waals surface area contributed by atoms with E-state index >= 15 is 0 Å². The van der Waals surface area contributed by atoms with Crippen LogP contribution in [0.5, 0.6) is 11.5 Å². The van der Waals surface area contributed by atoms with E-state index in [1.165, 1.54) is 5.56 Å². The van der Waals surface area contributed by atoms with E-state index in [9.17, 15) is 18.0 Å². The molecule has 0 atom stereocenters. The minimum Gasteiger partial charge on any atom is -0.454 e. The molecule has 0 aliphatic carbocycles. The molecule has 1 N–H and O–H groups in total. The van der Waals surface area contributed by atoms with Crippen LogP contribution < -0.4 is 14.2 Å². The number of ether oxygens (including phenoxy) is 2. The largest absolute Gasteiger partial charge is 0.454 e. The van der Waals surface area contributed by atoms with E-state index in [0.717, 1.165) is 59.0 Å². The molecule has 9 heteroatoms. The number of ketones is 1. The van der Waals surface area contributed by atoms with Crippen LogP contribution in [-0.4, -0.2) is 32.7 Å². The van der Waals surface area contributed by atoms with Crippen LogP contribution >= 0.6 is 11.8 Å². The van der Waals surface area contributed by atoms with E-state index in [2.05, 4.69) is 24.3 Å². The molecule has 200 valence electrons. The molecule has 0 spiro atoms. The number of amides is 1. The molecule has 0 saturated heterocycles. The molecule has 38 heavy (non-hydrogen) atoms. The number of thioether (sulfide) groups is 1. The second kappa shape index (κ2) is 13.0. The van der Waals surface area contributed by atoms with Crippen molar-refractivity contribution in [3.63, 3.8) is 0 Å². The van der Waals surface area contributed by atoms with Crippen LogP contribution in [0.1, 0.15) is 54.1 Å². The molecule has 0 unspecified atom stereocenters. The number of nitrogens with one attached hydrogen (secondary N) is 1. The van der Waals surface area contributed by atoms with Gasteiger partial charge in [-0.2, -0.15) is 11.8 Å². The normalized spacial score (nSPS) is 12.3. The smallest absolute Gasteiger partial charge is 0.305 e. The van der Waals surface area contributed by atoms with Crippen molar-refractivity contribution >= 4 is 33.5 Å². The monoisotopic (exact) mass is 553 g/mol. The second-order valence-electron chi connectivity index (χ2n) is 9.09. The molecule has 1 heterocycles. The number of carbonyl (C=O) groups excluding carboxylic acids is 2. The molecule has 0 fully saturated rings. The zero-order valence-electron chi connectivity index (χ0n) is 21.3. The van der Waals surface area contributed by atoms with Gasteiger partial charge in [-0.3, -0.25) is 9.59 Å². The zero-order chi connectivity index (χ0) is 27.0. The van der Waals surface area contributed by atoms with Gasteiger partial charge in [0.25, 0.3) is 5.78 Å². The van der Waals surface area contributed by atoms with Crippen molar-refractivity contribution in [3.05, 3.63) is 83.4 Å². The lowest BCUT2D eigenvalue weighted by atomic mass is 10.0. The van der Waals surface area contributed by atoms with Gasteiger partial charge in [-0.1, -0.05) is 80.8 Å². The van der Waals surface area contributed by atoms with Gasteiger partial charge in [-0.25, -0.2) is 13.1 Å². The summed E-state index contributed by atoms with van der Waals surface area (Å²) in [6.07, 6.45) is 3.14. The van der Waals surface area contributed by atoms with Gasteiger partial charge in [0.15, 0.2) is 11.5 Å². The fourth-order valence-corrected chi connectivity index (χ4v) is 6.02. The summed E-state index contributed by atoms with van der Waals surface area (Å²) in [4.78, 5) is 24.6. The topological polar surface area (TPSA) is 98.8 Å². The first-order valence-electron chi connectivity index (χ1n) is 12.6. The summed E-state index contributed by atoms with van der Waals surface area (Å²) in [5, 5.41) is 0. The predicted molar refractivity (Wildman–Crippen MR) is 150 cm³/mol. The zero-order valence-corrected chi connectivity index (χ0v) is 22.9. The molecular formula is C29H31NO6S2. The number of benzene rings is 3. The van der Waals surface area contributed by atoms with Crippen LogP contribution in [-0.2, 0) is 26.3 Å². The summed E-state index contributed by atoms with van der Waals surface area (Å²) in [6.45, 7) is 2.29. The van der Waals surface area contributed by atoms with Crippen LogP contribution in [0.25, 0.3) is 11.1 Å². The fourth-order valence-electron chi connectivity index (χ4n) is 4.00. The summed E-state index contributed by atoms with van der Waals surface area (Å²) in [5.41, 5.74) is 4.54. The molecule has 0 aromatic heterocycles. The first kappa shape index (κ1) is 27.7. The van der Waals surface area contributed by atoms with Crippen molar-refractivity contribution in [2.75, 3.05) is 12.5 Å². The minimum absolute atomic E-state index is 0.163. The van der Waals surface area contributed by atoms with Crippen LogP contribution in [0.3, 0.4) is 0 Å². The Kier molecular flexibility index (Phi) is 9.47. The number of hydrogen-bond donors (Lipinski definition) is 1. The van der Waals surface area contributed by atoms with Crippen molar-refractivity contribution in [2.45, 2.75) is 44.1 Å². The van der Waals surface area contributed by atoms with Gasteiger partial charge in [-0.05, 0) is 40.8 Å². The van der Waals surface area contributed by atoms with E-state index < -0.39 is 21.7 Å². The van der Waals surface area contributed by atoms with Gasteiger partial charge < -0.3 is 9.47 Å². The Morgan fingerprint density at radius 2 is 1.45 bits per heavy atom. The molecule has 7 nitrogen and oxygen atoms in total. The van der Waals surface area contributed by atoms with E-state index in [1.807, 2.05) is 29.8 Å². The highest BCUT2D eigenvalue weighted by atomic mass is 32.2. The van der Waals surface area contributed by atoms with Crippen LogP contribution in [0.2, 0.25) is 0 Å². The lowest BCUT2D eigenvalue weighted by Gasteiger charge is -2.08. The molecule has 3 aromatic rings.